The number of urea groups is 1. The molecule has 0 aliphatic heterocycles. The summed E-state index contributed by atoms with van der Waals surface area (Å²) in [6.07, 6.45) is 5.01. The summed E-state index contributed by atoms with van der Waals surface area (Å²) in [7, 11) is 0. The van der Waals surface area contributed by atoms with Gasteiger partial charge in [-0.25, -0.2) is 19.7 Å². The fourth-order valence-electron chi connectivity index (χ4n) is 3.11. The second-order valence-corrected chi connectivity index (χ2v) is 7.84. The molecule has 0 saturated carbocycles. The molecule has 31 heavy (non-hydrogen) atoms. The maximum absolute atomic E-state index is 11.9. The van der Waals surface area contributed by atoms with Gasteiger partial charge >= 0.3 is 6.03 Å². The zero-order valence-corrected chi connectivity index (χ0v) is 18.0. The fourth-order valence-corrected chi connectivity index (χ4v) is 4.07. The van der Waals surface area contributed by atoms with Crippen LogP contribution in [-0.4, -0.2) is 37.6 Å². The van der Waals surface area contributed by atoms with E-state index in [9.17, 15) is 9.90 Å². The maximum Gasteiger partial charge on any atom is 0.321 e. The lowest BCUT2D eigenvalue weighted by molar-refractivity contribution is 0.163. The van der Waals surface area contributed by atoms with E-state index in [-0.39, 0.29) is 6.03 Å². The van der Waals surface area contributed by atoms with Gasteiger partial charge in [0.25, 0.3) is 0 Å². The molecule has 8 nitrogen and oxygen atoms in total. The number of nitrogens with one attached hydrogen (secondary N) is 2. The lowest BCUT2D eigenvalue weighted by Gasteiger charge is -2.09. The Morgan fingerprint density at radius 3 is 2.61 bits per heavy atom. The first-order valence-corrected chi connectivity index (χ1v) is 10.8. The molecule has 158 valence electrons. The van der Waals surface area contributed by atoms with Gasteiger partial charge in [0.2, 0.25) is 0 Å². The SMILES string of the molecule is CCNC(=O)Nc1nc2cc(-c3cnc(C(O)CC)nc3)cc(-c3ccccn3)c2s1. The van der Waals surface area contributed by atoms with Crippen LogP contribution in [0.3, 0.4) is 0 Å². The van der Waals surface area contributed by atoms with Crippen molar-refractivity contribution in [2.45, 2.75) is 26.4 Å². The van der Waals surface area contributed by atoms with Crippen molar-refractivity contribution in [3.8, 4) is 22.4 Å². The Bertz CT molecular complexity index is 1190. The number of fused-ring (bicyclic) bond motifs is 1. The molecule has 3 N–H and O–H groups in total. The summed E-state index contributed by atoms with van der Waals surface area (Å²) in [5, 5.41) is 16.0. The number of aliphatic hydroxyl groups is 1. The lowest BCUT2D eigenvalue weighted by Crippen LogP contribution is -2.28. The zero-order chi connectivity index (χ0) is 21.8. The highest BCUT2D eigenvalue weighted by Gasteiger charge is 2.16. The van der Waals surface area contributed by atoms with Crippen LogP contribution in [0.4, 0.5) is 9.93 Å². The molecule has 0 bridgehead atoms. The van der Waals surface area contributed by atoms with Crippen LogP contribution in [0.15, 0.2) is 48.9 Å². The molecule has 4 aromatic rings. The van der Waals surface area contributed by atoms with Crippen LogP contribution in [-0.2, 0) is 0 Å². The first-order chi connectivity index (χ1) is 15.1. The standard InChI is InChI=1S/C22H22N6O2S/c1-3-18(29)20-25-11-14(12-26-20)13-9-15(16-7-5-6-8-24-16)19-17(10-13)27-22(31-19)28-21(30)23-4-2/h5-12,18,29H,3-4H2,1-2H3,(H2,23,27,28,30). The normalized spacial score (nSPS) is 12.0. The molecule has 2 amide bonds. The Balaban J connectivity index is 1.80. The van der Waals surface area contributed by atoms with E-state index in [1.165, 1.54) is 11.3 Å². The molecule has 0 aliphatic rings. The van der Waals surface area contributed by atoms with Gasteiger partial charge in [-0.3, -0.25) is 10.3 Å². The molecule has 1 aromatic carbocycles. The maximum atomic E-state index is 11.9. The first kappa shape index (κ1) is 20.8. The molecule has 3 heterocycles. The van der Waals surface area contributed by atoms with E-state index >= 15 is 0 Å². The molecule has 0 saturated heterocycles. The van der Waals surface area contributed by atoms with Gasteiger partial charge in [-0.1, -0.05) is 24.3 Å². The Hall–Kier alpha value is -3.43. The van der Waals surface area contributed by atoms with Crippen LogP contribution in [0.5, 0.6) is 0 Å². The smallest absolute Gasteiger partial charge is 0.321 e. The van der Waals surface area contributed by atoms with Crippen molar-refractivity contribution < 1.29 is 9.90 Å². The number of carbonyl (C=O) groups excluding carboxylic acids is 1. The van der Waals surface area contributed by atoms with Crippen molar-refractivity contribution in [3.05, 3.63) is 54.7 Å². The summed E-state index contributed by atoms with van der Waals surface area (Å²) in [5.74, 6) is 0.402. The van der Waals surface area contributed by atoms with E-state index in [1.807, 2.05) is 44.2 Å². The van der Waals surface area contributed by atoms with Crippen molar-refractivity contribution in [2.24, 2.45) is 0 Å². The Morgan fingerprint density at radius 1 is 1.13 bits per heavy atom. The number of aliphatic hydroxyl groups excluding tert-OH is 1. The Kier molecular flexibility index (Phi) is 6.15. The summed E-state index contributed by atoms with van der Waals surface area (Å²) in [6, 6.07) is 9.40. The van der Waals surface area contributed by atoms with E-state index < -0.39 is 6.10 Å². The Morgan fingerprint density at radius 2 is 1.94 bits per heavy atom. The van der Waals surface area contributed by atoms with Crippen LogP contribution in [0.1, 0.15) is 32.2 Å². The van der Waals surface area contributed by atoms with Crippen LogP contribution in [0.2, 0.25) is 0 Å². The van der Waals surface area contributed by atoms with E-state index in [0.717, 1.165) is 32.6 Å². The minimum absolute atomic E-state index is 0.292. The number of anilines is 1. The van der Waals surface area contributed by atoms with Gasteiger partial charge in [0.1, 0.15) is 6.10 Å². The average Bonchev–Trinajstić information content (AvgIpc) is 3.20. The van der Waals surface area contributed by atoms with Crippen LogP contribution in [0.25, 0.3) is 32.6 Å². The van der Waals surface area contributed by atoms with Crippen molar-refractivity contribution in [1.29, 1.82) is 0 Å². The second kappa shape index (κ2) is 9.15. The zero-order valence-electron chi connectivity index (χ0n) is 17.2. The van der Waals surface area contributed by atoms with E-state index in [1.54, 1.807) is 18.6 Å². The third kappa shape index (κ3) is 4.52. The predicted molar refractivity (Wildman–Crippen MR) is 122 cm³/mol. The Labute approximate surface area is 183 Å². The minimum atomic E-state index is -0.679. The van der Waals surface area contributed by atoms with Crippen molar-refractivity contribution in [1.82, 2.24) is 25.3 Å². The van der Waals surface area contributed by atoms with Gasteiger partial charge in [0, 0.05) is 36.3 Å². The second-order valence-electron chi connectivity index (χ2n) is 6.84. The van der Waals surface area contributed by atoms with Gasteiger partial charge in [-0.2, -0.15) is 0 Å². The average molecular weight is 435 g/mol. The highest BCUT2D eigenvalue weighted by Crippen LogP contribution is 2.38. The number of carbonyl (C=O) groups is 1. The monoisotopic (exact) mass is 434 g/mol. The van der Waals surface area contributed by atoms with Gasteiger partial charge in [-0.05, 0) is 43.2 Å². The van der Waals surface area contributed by atoms with Gasteiger partial charge in [0.15, 0.2) is 11.0 Å². The summed E-state index contributed by atoms with van der Waals surface area (Å²) < 4.78 is 0.924. The predicted octanol–water partition coefficient (Wildman–Crippen LogP) is 4.40. The van der Waals surface area contributed by atoms with E-state index in [0.29, 0.717) is 23.9 Å². The molecule has 9 heteroatoms. The molecule has 0 radical (unpaired) electrons. The third-order valence-corrected chi connectivity index (χ3v) is 5.70. The van der Waals surface area contributed by atoms with Crippen LogP contribution >= 0.6 is 11.3 Å². The number of thiazole rings is 1. The lowest BCUT2D eigenvalue weighted by atomic mass is 10.0. The number of rotatable bonds is 6. The quantitative estimate of drug-likeness (QED) is 0.415. The highest BCUT2D eigenvalue weighted by molar-refractivity contribution is 7.22. The molecule has 0 spiro atoms. The molecule has 4 rings (SSSR count). The number of aromatic nitrogens is 4. The first-order valence-electron chi connectivity index (χ1n) is 10.00. The fraction of sp³-hybridized carbons (Fsp3) is 0.227. The van der Waals surface area contributed by atoms with Crippen molar-refractivity contribution in [3.63, 3.8) is 0 Å². The van der Waals surface area contributed by atoms with E-state index in [4.69, 9.17) is 0 Å². The molecular weight excluding hydrogens is 412 g/mol. The summed E-state index contributed by atoms with van der Waals surface area (Å²) >= 11 is 1.40. The number of benzene rings is 1. The van der Waals surface area contributed by atoms with E-state index in [2.05, 4.69) is 30.6 Å². The van der Waals surface area contributed by atoms with Gasteiger partial charge in [-0.15, -0.1) is 0 Å². The number of nitrogens with zero attached hydrogens (tertiary/aromatic N) is 4. The number of hydrogen-bond acceptors (Lipinski definition) is 7. The van der Waals surface area contributed by atoms with Crippen molar-refractivity contribution in [2.75, 3.05) is 11.9 Å². The van der Waals surface area contributed by atoms with Crippen LogP contribution < -0.4 is 10.6 Å². The molecular formula is C22H22N6O2S. The number of pyridine rings is 1. The van der Waals surface area contributed by atoms with Crippen LogP contribution in [0, 0.1) is 0 Å². The molecule has 1 unspecified atom stereocenters. The third-order valence-electron chi connectivity index (χ3n) is 4.68. The topological polar surface area (TPSA) is 113 Å². The largest absolute Gasteiger partial charge is 0.385 e. The number of amides is 2. The van der Waals surface area contributed by atoms with Crippen molar-refractivity contribution >= 4 is 32.7 Å². The summed E-state index contributed by atoms with van der Waals surface area (Å²) in [6.45, 7) is 4.27. The minimum Gasteiger partial charge on any atom is -0.385 e. The van der Waals surface area contributed by atoms with Gasteiger partial charge in [0.05, 0.1) is 15.9 Å². The highest BCUT2D eigenvalue weighted by atomic mass is 32.1. The molecule has 1 atom stereocenters. The molecule has 0 fully saturated rings. The molecule has 0 aliphatic carbocycles. The molecule has 3 aromatic heterocycles. The summed E-state index contributed by atoms with van der Waals surface area (Å²) in [5.41, 5.74) is 4.14. The van der Waals surface area contributed by atoms with Gasteiger partial charge < -0.3 is 10.4 Å². The number of hydrogen-bond donors (Lipinski definition) is 3. The summed E-state index contributed by atoms with van der Waals surface area (Å²) in [4.78, 5) is 29.7.